The summed E-state index contributed by atoms with van der Waals surface area (Å²) in [5, 5.41) is 13.2. The highest BCUT2D eigenvalue weighted by molar-refractivity contribution is 6.39. The molecule has 10 nitrogen and oxygen atoms in total. The number of rotatable bonds is 5. The Hall–Kier alpha value is -2.62. The van der Waals surface area contributed by atoms with Crippen molar-refractivity contribution in [1.82, 2.24) is 15.8 Å². The minimum Gasteiger partial charge on any atom is -0.479 e. The van der Waals surface area contributed by atoms with Crippen molar-refractivity contribution in [3.8, 4) is 5.88 Å². The van der Waals surface area contributed by atoms with E-state index in [1.807, 2.05) is 13.8 Å². The first kappa shape index (κ1) is 18.2. The van der Waals surface area contributed by atoms with E-state index in [0.717, 1.165) is 0 Å². The summed E-state index contributed by atoms with van der Waals surface area (Å²) < 4.78 is 15.4. The lowest BCUT2D eigenvalue weighted by Gasteiger charge is -2.38. The first-order valence-electron chi connectivity index (χ1n) is 8.39. The molecule has 1 fully saturated rings. The Bertz CT molecular complexity index is 715. The molecule has 0 aliphatic carbocycles. The molecule has 1 saturated heterocycles. The van der Waals surface area contributed by atoms with E-state index in [-0.39, 0.29) is 42.3 Å². The van der Waals surface area contributed by atoms with Crippen molar-refractivity contribution >= 4 is 17.5 Å². The number of amides is 2. The van der Waals surface area contributed by atoms with Gasteiger partial charge < -0.3 is 29.5 Å². The largest absolute Gasteiger partial charge is 0.479 e. The Morgan fingerprint density at radius 1 is 1.38 bits per heavy atom. The van der Waals surface area contributed by atoms with E-state index < -0.39 is 17.6 Å². The highest BCUT2D eigenvalue weighted by Crippen LogP contribution is 2.33. The van der Waals surface area contributed by atoms with Crippen LogP contribution >= 0.6 is 0 Å². The normalized spacial score (nSPS) is 24.9. The second-order valence-electron chi connectivity index (χ2n) is 6.60. The van der Waals surface area contributed by atoms with Crippen LogP contribution in [0.25, 0.3) is 0 Å². The number of aromatic nitrogens is 1. The van der Waals surface area contributed by atoms with Crippen molar-refractivity contribution in [3.05, 3.63) is 11.8 Å². The fraction of sp³-hybridized carbons (Fsp3) is 0.625. The van der Waals surface area contributed by atoms with Crippen LogP contribution in [0, 0.1) is 0 Å². The van der Waals surface area contributed by atoms with Crippen LogP contribution in [0.5, 0.6) is 5.88 Å². The molecule has 0 radical (unpaired) electrons. The molecule has 2 N–H and O–H groups in total. The molecule has 0 aromatic carbocycles. The molecule has 2 amide bonds. The number of ether oxygens (including phenoxy) is 2. The topological polar surface area (TPSA) is 124 Å². The van der Waals surface area contributed by atoms with Gasteiger partial charge >= 0.3 is 0 Å². The van der Waals surface area contributed by atoms with Crippen LogP contribution in [-0.2, 0) is 14.4 Å². The van der Waals surface area contributed by atoms with Gasteiger partial charge in [0.25, 0.3) is 17.7 Å². The third-order valence-electron chi connectivity index (χ3n) is 4.25. The first-order chi connectivity index (χ1) is 12.4. The Morgan fingerprint density at radius 3 is 2.88 bits per heavy atom. The quantitative estimate of drug-likeness (QED) is 0.765. The Kier molecular flexibility index (Phi) is 5.12. The SMILES string of the molecule is COc1cc(C(=O)NC2CCOCC23CC(C(=O)NC(C)C)=NO3)on1. The van der Waals surface area contributed by atoms with Crippen molar-refractivity contribution in [2.45, 2.75) is 44.4 Å². The first-order valence-corrected chi connectivity index (χ1v) is 8.39. The molecule has 2 unspecified atom stereocenters. The molecule has 142 valence electrons. The lowest BCUT2D eigenvalue weighted by Crippen LogP contribution is -2.58. The number of hydrogen-bond donors (Lipinski definition) is 2. The molecule has 26 heavy (non-hydrogen) atoms. The zero-order valence-electron chi connectivity index (χ0n) is 14.9. The second kappa shape index (κ2) is 7.32. The maximum Gasteiger partial charge on any atom is 0.290 e. The molecule has 2 aliphatic rings. The minimum atomic E-state index is -0.915. The minimum absolute atomic E-state index is 0.0127. The van der Waals surface area contributed by atoms with Gasteiger partial charge in [0, 0.05) is 19.1 Å². The Balaban J connectivity index is 1.69. The lowest BCUT2D eigenvalue weighted by atomic mass is 9.86. The van der Waals surface area contributed by atoms with E-state index in [4.69, 9.17) is 18.8 Å². The van der Waals surface area contributed by atoms with Crippen molar-refractivity contribution < 1.29 is 28.4 Å². The summed E-state index contributed by atoms with van der Waals surface area (Å²) >= 11 is 0. The molecule has 2 aliphatic heterocycles. The van der Waals surface area contributed by atoms with Gasteiger partial charge in [-0.15, -0.1) is 0 Å². The number of nitrogens with one attached hydrogen (secondary N) is 2. The second-order valence-corrected chi connectivity index (χ2v) is 6.60. The van der Waals surface area contributed by atoms with E-state index >= 15 is 0 Å². The van der Waals surface area contributed by atoms with Crippen molar-refractivity contribution in [2.75, 3.05) is 20.3 Å². The zero-order chi connectivity index (χ0) is 18.7. The van der Waals surface area contributed by atoms with Crippen molar-refractivity contribution in [2.24, 2.45) is 5.16 Å². The van der Waals surface area contributed by atoms with Gasteiger partial charge in [0.1, 0.15) is 5.71 Å². The standard InChI is InChI=1S/C16H22N4O6/c1-9(2)17-14(21)10-7-16(26-19-10)8-24-5-4-12(16)18-15(22)11-6-13(23-3)20-25-11/h6,9,12H,4-5,7-8H2,1-3H3,(H,17,21)(H,18,22). The van der Waals surface area contributed by atoms with E-state index in [0.29, 0.717) is 13.0 Å². The summed E-state index contributed by atoms with van der Waals surface area (Å²) in [7, 11) is 1.43. The number of nitrogens with zero attached hydrogens (tertiary/aromatic N) is 2. The van der Waals surface area contributed by atoms with Crippen LogP contribution in [0.4, 0.5) is 0 Å². The monoisotopic (exact) mass is 366 g/mol. The van der Waals surface area contributed by atoms with Crippen LogP contribution in [0.15, 0.2) is 15.7 Å². The molecular formula is C16H22N4O6. The smallest absolute Gasteiger partial charge is 0.290 e. The van der Waals surface area contributed by atoms with Gasteiger partial charge in [-0.2, -0.15) is 0 Å². The summed E-state index contributed by atoms with van der Waals surface area (Å²) in [5.41, 5.74) is -0.633. The number of methoxy groups -OCH3 is 1. The van der Waals surface area contributed by atoms with Crippen LogP contribution in [0.2, 0.25) is 0 Å². The lowest BCUT2D eigenvalue weighted by molar-refractivity contribution is -0.128. The number of hydrogen-bond acceptors (Lipinski definition) is 8. The highest BCUT2D eigenvalue weighted by Gasteiger charge is 2.50. The van der Waals surface area contributed by atoms with Crippen molar-refractivity contribution in [1.29, 1.82) is 0 Å². The number of oxime groups is 1. The van der Waals surface area contributed by atoms with Gasteiger partial charge in [-0.05, 0) is 25.4 Å². The highest BCUT2D eigenvalue weighted by atomic mass is 16.7. The predicted octanol–water partition coefficient (Wildman–Crippen LogP) is 0.242. The molecular weight excluding hydrogens is 344 g/mol. The van der Waals surface area contributed by atoms with E-state index in [1.54, 1.807) is 0 Å². The van der Waals surface area contributed by atoms with Gasteiger partial charge in [0.2, 0.25) is 5.76 Å². The number of carbonyl (C=O) groups is 2. The molecule has 10 heteroatoms. The summed E-state index contributed by atoms with van der Waals surface area (Å²) in [6, 6.07) is 0.990. The Labute approximate surface area is 150 Å². The molecule has 2 atom stereocenters. The van der Waals surface area contributed by atoms with Crippen LogP contribution in [0.3, 0.4) is 0 Å². The average molecular weight is 366 g/mol. The third-order valence-corrected chi connectivity index (χ3v) is 4.25. The third kappa shape index (κ3) is 3.64. The summed E-state index contributed by atoms with van der Waals surface area (Å²) in [5.74, 6) is -0.492. The molecule has 1 aromatic heterocycles. The maximum absolute atomic E-state index is 12.4. The van der Waals surface area contributed by atoms with Gasteiger partial charge in [-0.25, -0.2) is 0 Å². The maximum atomic E-state index is 12.4. The molecule has 0 saturated carbocycles. The van der Waals surface area contributed by atoms with Crippen LogP contribution in [0.1, 0.15) is 37.2 Å². The summed E-state index contributed by atoms with van der Waals surface area (Å²) in [6.45, 7) is 4.41. The van der Waals surface area contributed by atoms with E-state index in [1.165, 1.54) is 13.2 Å². The zero-order valence-corrected chi connectivity index (χ0v) is 14.9. The fourth-order valence-corrected chi connectivity index (χ4v) is 2.93. The molecule has 1 aromatic rings. The van der Waals surface area contributed by atoms with Gasteiger partial charge in [-0.3, -0.25) is 9.59 Å². The van der Waals surface area contributed by atoms with Crippen LogP contribution in [-0.4, -0.2) is 60.7 Å². The van der Waals surface area contributed by atoms with Gasteiger partial charge in [0.05, 0.1) is 25.8 Å². The molecule has 0 bridgehead atoms. The molecule has 3 heterocycles. The average Bonchev–Trinajstić information content (AvgIpc) is 3.24. The summed E-state index contributed by atoms with van der Waals surface area (Å²) in [6.07, 6.45) is 0.766. The Morgan fingerprint density at radius 2 is 2.19 bits per heavy atom. The van der Waals surface area contributed by atoms with Crippen LogP contribution < -0.4 is 15.4 Å². The summed E-state index contributed by atoms with van der Waals surface area (Å²) in [4.78, 5) is 30.2. The van der Waals surface area contributed by atoms with E-state index in [9.17, 15) is 9.59 Å². The van der Waals surface area contributed by atoms with Crippen molar-refractivity contribution in [3.63, 3.8) is 0 Å². The fourth-order valence-electron chi connectivity index (χ4n) is 2.93. The number of carbonyl (C=O) groups excluding carboxylic acids is 2. The van der Waals surface area contributed by atoms with E-state index in [2.05, 4.69) is 20.9 Å². The van der Waals surface area contributed by atoms with Gasteiger partial charge in [-0.1, -0.05) is 5.16 Å². The molecule has 1 spiro atoms. The predicted molar refractivity (Wildman–Crippen MR) is 88.9 cm³/mol. The molecule has 3 rings (SSSR count). The van der Waals surface area contributed by atoms with Gasteiger partial charge in [0.15, 0.2) is 5.60 Å².